The fourth-order valence-electron chi connectivity index (χ4n) is 2.10. The number of benzene rings is 1. The molecule has 128 valence electrons. The average Bonchev–Trinajstić information content (AvgIpc) is 2.74. The van der Waals surface area contributed by atoms with Crippen LogP contribution in [0.1, 0.15) is 10.4 Å². The Morgan fingerprint density at radius 1 is 1.22 bits per heavy atom. The summed E-state index contributed by atoms with van der Waals surface area (Å²) in [5.41, 5.74) is -0.289. The third-order valence-electron chi connectivity index (χ3n) is 3.43. The predicted octanol–water partition coefficient (Wildman–Crippen LogP) is -2.24. The molecule has 1 heterocycles. The van der Waals surface area contributed by atoms with Crippen LogP contribution in [0.2, 0.25) is 0 Å². The first kappa shape index (κ1) is 17.2. The number of hydrogen-bond donors (Lipinski definition) is 7. The van der Waals surface area contributed by atoms with Crippen molar-refractivity contribution < 1.29 is 50.0 Å². The summed E-state index contributed by atoms with van der Waals surface area (Å²) in [6, 6.07) is 1.70. The maximum atomic E-state index is 11.8. The number of phenols is 3. The van der Waals surface area contributed by atoms with Gasteiger partial charge in [0, 0.05) is 0 Å². The normalized spacial score (nSPS) is 30.3. The summed E-state index contributed by atoms with van der Waals surface area (Å²) in [6.45, 7) is -1.56. The number of ether oxygens (including phenoxy) is 2. The Morgan fingerprint density at radius 3 is 2.26 bits per heavy atom. The number of phenolic OH excluding ortho intramolecular Hbond substituents is 3. The highest BCUT2D eigenvalue weighted by Crippen LogP contribution is 2.35. The summed E-state index contributed by atoms with van der Waals surface area (Å²) in [6.07, 6.45) is -4.70. The quantitative estimate of drug-likeness (QED) is 0.235. The number of aromatic hydroxyl groups is 3. The van der Waals surface area contributed by atoms with Gasteiger partial charge in [0.15, 0.2) is 17.2 Å². The Kier molecular flexibility index (Phi) is 4.63. The molecular weight excluding hydrogens is 316 g/mol. The van der Waals surface area contributed by atoms with E-state index in [1.807, 2.05) is 0 Å². The standard InChI is InChI=1S/C13H16O10/c14-4-13(21)11(19)10(18)8(23-13)3-22-12(20)5-1-6(15)9(17)7(16)2-5/h1-2,8,10-11,14-19,21H,3-4H2. The molecule has 1 aromatic carbocycles. The molecule has 7 N–H and O–H groups in total. The number of esters is 1. The van der Waals surface area contributed by atoms with Gasteiger partial charge in [0.05, 0.1) is 12.2 Å². The summed E-state index contributed by atoms with van der Waals surface area (Å²) >= 11 is 0. The smallest absolute Gasteiger partial charge is 0.338 e. The van der Waals surface area contributed by atoms with Gasteiger partial charge in [-0.3, -0.25) is 0 Å². The fourth-order valence-corrected chi connectivity index (χ4v) is 2.10. The zero-order chi connectivity index (χ0) is 17.4. The molecule has 4 unspecified atom stereocenters. The van der Waals surface area contributed by atoms with E-state index in [9.17, 15) is 35.4 Å². The number of carbonyl (C=O) groups is 1. The molecule has 1 aromatic rings. The topological polar surface area (TPSA) is 177 Å². The monoisotopic (exact) mass is 332 g/mol. The second kappa shape index (κ2) is 6.18. The lowest BCUT2D eigenvalue weighted by Crippen LogP contribution is -2.46. The first-order chi connectivity index (χ1) is 10.7. The maximum absolute atomic E-state index is 11.8. The highest BCUT2D eigenvalue weighted by Gasteiger charge is 2.53. The first-order valence-corrected chi connectivity index (χ1v) is 6.49. The number of rotatable bonds is 4. The van der Waals surface area contributed by atoms with Crippen LogP contribution in [0.15, 0.2) is 12.1 Å². The summed E-state index contributed by atoms with van der Waals surface area (Å²) in [5, 5.41) is 65.7. The minimum absolute atomic E-state index is 0.289. The number of carbonyl (C=O) groups excluding carboxylic acids is 1. The van der Waals surface area contributed by atoms with Crippen molar-refractivity contribution in [3.63, 3.8) is 0 Å². The van der Waals surface area contributed by atoms with E-state index in [0.29, 0.717) is 0 Å². The van der Waals surface area contributed by atoms with E-state index in [4.69, 9.17) is 14.6 Å². The van der Waals surface area contributed by atoms with Crippen molar-refractivity contribution in [1.29, 1.82) is 0 Å². The molecule has 1 saturated heterocycles. The summed E-state index contributed by atoms with van der Waals surface area (Å²) in [5.74, 6) is -5.67. The van der Waals surface area contributed by atoms with Crippen molar-refractivity contribution in [2.75, 3.05) is 13.2 Å². The molecule has 0 bridgehead atoms. The molecule has 0 spiro atoms. The zero-order valence-corrected chi connectivity index (χ0v) is 11.7. The van der Waals surface area contributed by atoms with Crippen LogP contribution >= 0.6 is 0 Å². The van der Waals surface area contributed by atoms with Crippen molar-refractivity contribution in [3.8, 4) is 17.2 Å². The van der Waals surface area contributed by atoms with Crippen LogP contribution in [-0.2, 0) is 9.47 Å². The van der Waals surface area contributed by atoms with E-state index in [1.54, 1.807) is 0 Å². The van der Waals surface area contributed by atoms with Gasteiger partial charge in [-0.2, -0.15) is 0 Å². The molecule has 2 rings (SSSR count). The average molecular weight is 332 g/mol. The molecule has 0 radical (unpaired) electrons. The Bertz CT molecular complexity index is 579. The van der Waals surface area contributed by atoms with Crippen LogP contribution in [0.25, 0.3) is 0 Å². The summed E-state index contributed by atoms with van der Waals surface area (Å²) in [7, 11) is 0. The van der Waals surface area contributed by atoms with Crippen molar-refractivity contribution in [1.82, 2.24) is 0 Å². The molecule has 0 aromatic heterocycles. The van der Waals surface area contributed by atoms with Crippen molar-refractivity contribution in [2.45, 2.75) is 24.1 Å². The van der Waals surface area contributed by atoms with E-state index < -0.39 is 60.5 Å². The second-order valence-corrected chi connectivity index (χ2v) is 5.06. The molecule has 0 aliphatic carbocycles. The van der Waals surface area contributed by atoms with Gasteiger partial charge in [-0.15, -0.1) is 0 Å². The Balaban J connectivity index is 2.03. The number of aliphatic hydroxyl groups is 4. The van der Waals surface area contributed by atoms with Gasteiger partial charge in [0.25, 0.3) is 0 Å². The van der Waals surface area contributed by atoms with Crippen molar-refractivity contribution in [3.05, 3.63) is 17.7 Å². The molecular formula is C13H16O10. The van der Waals surface area contributed by atoms with Crippen LogP contribution in [-0.4, -0.2) is 79.0 Å². The second-order valence-electron chi connectivity index (χ2n) is 5.06. The highest BCUT2D eigenvalue weighted by molar-refractivity contribution is 5.91. The summed E-state index contributed by atoms with van der Waals surface area (Å²) in [4.78, 5) is 11.8. The van der Waals surface area contributed by atoms with Gasteiger partial charge < -0.3 is 45.2 Å². The number of aliphatic hydroxyl groups excluding tert-OH is 3. The van der Waals surface area contributed by atoms with Crippen LogP contribution in [0.4, 0.5) is 0 Å². The minimum atomic E-state index is -2.37. The minimum Gasteiger partial charge on any atom is -0.504 e. The Morgan fingerprint density at radius 2 is 1.78 bits per heavy atom. The van der Waals surface area contributed by atoms with Gasteiger partial charge in [0.1, 0.15) is 24.9 Å². The van der Waals surface area contributed by atoms with E-state index in [0.717, 1.165) is 12.1 Å². The maximum Gasteiger partial charge on any atom is 0.338 e. The third kappa shape index (κ3) is 3.16. The van der Waals surface area contributed by atoms with Crippen molar-refractivity contribution in [2.24, 2.45) is 0 Å². The van der Waals surface area contributed by atoms with E-state index in [-0.39, 0.29) is 5.56 Å². The molecule has 0 saturated carbocycles. The van der Waals surface area contributed by atoms with E-state index >= 15 is 0 Å². The fraction of sp³-hybridized carbons (Fsp3) is 0.462. The Labute approximate surface area is 129 Å². The van der Waals surface area contributed by atoms with Crippen LogP contribution in [0.3, 0.4) is 0 Å². The SMILES string of the molecule is O=C(OCC1OC(O)(CO)C(O)C1O)c1cc(O)c(O)c(O)c1. The summed E-state index contributed by atoms with van der Waals surface area (Å²) < 4.78 is 9.65. The van der Waals surface area contributed by atoms with Crippen LogP contribution in [0.5, 0.6) is 17.2 Å². The predicted molar refractivity (Wildman–Crippen MR) is 70.6 cm³/mol. The molecule has 10 heteroatoms. The van der Waals surface area contributed by atoms with Gasteiger partial charge >= 0.3 is 5.97 Å². The number of hydrogen-bond acceptors (Lipinski definition) is 10. The molecule has 1 aliphatic heterocycles. The molecule has 23 heavy (non-hydrogen) atoms. The lowest BCUT2D eigenvalue weighted by atomic mass is 10.1. The molecule has 4 atom stereocenters. The van der Waals surface area contributed by atoms with Crippen LogP contribution < -0.4 is 0 Å². The van der Waals surface area contributed by atoms with Gasteiger partial charge in [0.2, 0.25) is 5.79 Å². The molecule has 1 fully saturated rings. The van der Waals surface area contributed by atoms with E-state index in [1.165, 1.54) is 0 Å². The van der Waals surface area contributed by atoms with Gasteiger partial charge in [-0.05, 0) is 12.1 Å². The van der Waals surface area contributed by atoms with E-state index in [2.05, 4.69) is 0 Å². The largest absolute Gasteiger partial charge is 0.504 e. The Hall–Kier alpha value is -2.11. The zero-order valence-electron chi connectivity index (χ0n) is 11.7. The molecule has 10 nitrogen and oxygen atoms in total. The molecule has 1 aliphatic rings. The van der Waals surface area contributed by atoms with Crippen molar-refractivity contribution >= 4 is 5.97 Å². The van der Waals surface area contributed by atoms with Crippen LogP contribution in [0, 0.1) is 0 Å². The van der Waals surface area contributed by atoms with Gasteiger partial charge in [-0.25, -0.2) is 4.79 Å². The third-order valence-corrected chi connectivity index (χ3v) is 3.43. The highest BCUT2D eigenvalue weighted by atomic mass is 16.7. The van der Waals surface area contributed by atoms with Gasteiger partial charge in [-0.1, -0.05) is 0 Å². The first-order valence-electron chi connectivity index (χ1n) is 6.49. The molecule has 0 amide bonds. The lowest BCUT2D eigenvalue weighted by Gasteiger charge is -2.22. The lowest BCUT2D eigenvalue weighted by molar-refractivity contribution is -0.248.